The second kappa shape index (κ2) is 8.77. The van der Waals surface area contributed by atoms with Crippen molar-refractivity contribution < 1.29 is 14.4 Å². The minimum atomic E-state index is -0.0958. The third-order valence-corrected chi connectivity index (χ3v) is 3.24. The predicted molar refractivity (Wildman–Crippen MR) is 76.9 cm³/mol. The topological polar surface area (TPSA) is 42.8 Å². The smallest absolute Gasteiger partial charge is 0.258 e. The van der Waals surface area contributed by atoms with Crippen molar-refractivity contribution in [1.29, 1.82) is 0 Å². The summed E-state index contributed by atoms with van der Waals surface area (Å²) in [5.41, 5.74) is 0. The zero-order valence-corrected chi connectivity index (χ0v) is 12.3. The van der Waals surface area contributed by atoms with Gasteiger partial charge < -0.3 is 15.0 Å². The van der Waals surface area contributed by atoms with Crippen LogP contribution in [0.2, 0.25) is 5.02 Å². The number of likely N-dealkylation sites (N-methyl/N-ethyl adjacent to an activating group) is 1. The molecule has 1 amide bonds. The second-order valence-corrected chi connectivity index (χ2v) is 4.74. The summed E-state index contributed by atoms with van der Waals surface area (Å²) in [4.78, 5) is 13.0. The summed E-state index contributed by atoms with van der Waals surface area (Å²) in [5, 5.41) is 3.50. The van der Waals surface area contributed by atoms with Gasteiger partial charge in [0.2, 0.25) is 0 Å². The lowest BCUT2D eigenvalue weighted by Crippen LogP contribution is -3.12. The number of quaternary nitrogens is 1. The highest BCUT2D eigenvalue weighted by atomic mass is 35.5. The maximum absolute atomic E-state index is 11.6. The van der Waals surface area contributed by atoms with E-state index in [4.69, 9.17) is 16.3 Å². The van der Waals surface area contributed by atoms with Crippen LogP contribution in [0.5, 0.6) is 5.75 Å². The molecule has 0 heterocycles. The number of ether oxygens (including phenoxy) is 1. The predicted octanol–water partition coefficient (Wildman–Crippen LogP) is 0.760. The number of hydrogen-bond acceptors (Lipinski definition) is 2. The number of hydrogen-bond donors (Lipinski definition) is 2. The first kappa shape index (κ1) is 15.8. The Bertz CT molecular complexity index is 378. The first-order chi connectivity index (χ1) is 9.15. The molecule has 0 saturated heterocycles. The summed E-state index contributed by atoms with van der Waals surface area (Å²) in [6.45, 7) is 8.10. The van der Waals surface area contributed by atoms with Crippen molar-refractivity contribution in [1.82, 2.24) is 5.32 Å². The van der Waals surface area contributed by atoms with E-state index in [0.29, 0.717) is 17.3 Å². The molecule has 0 aliphatic heterocycles. The molecular formula is C14H22ClN2O2+. The van der Waals surface area contributed by atoms with Gasteiger partial charge in [0, 0.05) is 5.02 Å². The van der Waals surface area contributed by atoms with E-state index in [1.807, 2.05) is 0 Å². The zero-order valence-electron chi connectivity index (χ0n) is 11.5. The number of benzene rings is 1. The van der Waals surface area contributed by atoms with Crippen LogP contribution in [0.1, 0.15) is 13.8 Å². The highest BCUT2D eigenvalue weighted by Crippen LogP contribution is 2.15. The van der Waals surface area contributed by atoms with Gasteiger partial charge in [-0.1, -0.05) is 11.6 Å². The lowest BCUT2D eigenvalue weighted by atomic mass is 10.3. The number of nitrogens with one attached hydrogen (secondary N) is 2. The molecule has 1 aromatic carbocycles. The molecule has 0 aliphatic rings. The van der Waals surface area contributed by atoms with Gasteiger partial charge in [0.15, 0.2) is 6.61 Å². The van der Waals surface area contributed by atoms with E-state index in [1.54, 1.807) is 24.3 Å². The lowest BCUT2D eigenvalue weighted by Gasteiger charge is -2.15. The SMILES string of the molecule is CC[NH+](CC)CCNC(=O)COc1ccc(Cl)cc1. The zero-order chi connectivity index (χ0) is 14.1. The molecule has 0 aliphatic carbocycles. The number of carbonyl (C=O) groups is 1. The van der Waals surface area contributed by atoms with Crippen molar-refractivity contribution in [2.75, 3.05) is 32.8 Å². The van der Waals surface area contributed by atoms with E-state index in [2.05, 4.69) is 19.2 Å². The Morgan fingerprint density at radius 3 is 2.47 bits per heavy atom. The Labute approximate surface area is 119 Å². The van der Waals surface area contributed by atoms with Crippen LogP contribution >= 0.6 is 11.6 Å². The molecule has 1 rings (SSSR count). The van der Waals surface area contributed by atoms with Crippen LogP contribution in [0.4, 0.5) is 0 Å². The maximum Gasteiger partial charge on any atom is 0.258 e. The van der Waals surface area contributed by atoms with Crippen molar-refractivity contribution in [3.05, 3.63) is 29.3 Å². The molecule has 0 saturated carbocycles. The normalized spacial score (nSPS) is 10.5. The van der Waals surface area contributed by atoms with Gasteiger partial charge >= 0.3 is 0 Å². The van der Waals surface area contributed by atoms with Gasteiger partial charge in [-0.25, -0.2) is 0 Å². The van der Waals surface area contributed by atoms with E-state index in [-0.39, 0.29) is 12.5 Å². The van der Waals surface area contributed by atoms with E-state index in [9.17, 15) is 4.79 Å². The van der Waals surface area contributed by atoms with Crippen molar-refractivity contribution in [3.8, 4) is 5.75 Å². The average molecular weight is 286 g/mol. The number of amides is 1. The van der Waals surface area contributed by atoms with Crippen LogP contribution in [0, 0.1) is 0 Å². The molecule has 106 valence electrons. The van der Waals surface area contributed by atoms with E-state index in [0.717, 1.165) is 19.6 Å². The van der Waals surface area contributed by atoms with Crippen LogP contribution in [0.3, 0.4) is 0 Å². The molecule has 0 fully saturated rings. The average Bonchev–Trinajstić information content (AvgIpc) is 2.43. The fraction of sp³-hybridized carbons (Fsp3) is 0.500. The van der Waals surface area contributed by atoms with Gasteiger partial charge in [0.1, 0.15) is 5.75 Å². The number of rotatable bonds is 8. The highest BCUT2D eigenvalue weighted by molar-refractivity contribution is 6.30. The third-order valence-electron chi connectivity index (χ3n) is 2.98. The number of halogens is 1. The molecule has 19 heavy (non-hydrogen) atoms. The van der Waals surface area contributed by atoms with Crippen LogP contribution in [0.15, 0.2) is 24.3 Å². The van der Waals surface area contributed by atoms with Gasteiger partial charge in [-0.2, -0.15) is 0 Å². The summed E-state index contributed by atoms with van der Waals surface area (Å²) in [6.07, 6.45) is 0. The number of carbonyl (C=O) groups excluding carboxylic acids is 1. The first-order valence-electron chi connectivity index (χ1n) is 6.64. The monoisotopic (exact) mass is 285 g/mol. The Morgan fingerprint density at radius 1 is 1.26 bits per heavy atom. The van der Waals surface area contributed by atoms with Gasteiger partial charge in [0.05, 0.1) is 26.2 Å². The van der Waals surface area contributed by atoms with Gasteiger partial charge in [-0.05, 0) is 38.1 Å². The van der Waals surface area contributed by atoms with Gasteiger partial charge in [0.25, 0.3) is 5.91 Å². The van der Waals surface area contributed by atoms with E-state index in [1.165, 1.54) is 4.90 Å². The third kappa shape index (κ3) is 6.45. The van der Waals surface area contributed by atoms with E-state index < -0.39 is 0 Å². The quantitative estimate of drug-likeness (QED) is 0.741. The Kier molecular flexibility index (Phi) is 7.30. The van der Waals surface area contributed by atoms with Crippen LogP contribution in [-0.2, 0) is 4.79 Å². The van der Waals surface area contributed by atoms with Crippen molar-refractivity contribution in [2.24, 2.45) is 0 Å². The summed E-state index contributed by atoms with van der Waals surface area (Å²) >= 11 is 5.76. The van der Waals surface area contributed by atoms with Crippen LogP contribution in [-0.4, -0.2) is 38.7 Å². The summed E-state index contributed by atoms with van der Waals surface area (Å²) in [5.74, 6) is 0.551. The van der Waals surface area contributed by atoms with Crippen LogP contribution in [0.25, 0.3) is 0 Å². The molecule has 0 atom stereocenters. The highest BCUT2D eigenvalue weighted by Gasteiger charge is 2.05. The minimum absolute atomic E-state index is 0.0369. The van der Waals surface area contributed by atoms with Gasteiger partial charge in [-0.15, -0.1) is 0 Å². The van der Waals surface area contributed by atoms with E-state index >= 15 is 0 Å². The van der Waals surface area contributed by atoms with Crippen molar-refractivity contribution in [3.63, 3.8) is 0 Å². The maximum atomic E-state index is 11.6. The summed E-state index contributed by atoms with van der Waals surface area (Å²) in [7, 11) is 0. The molecule has 0 spiro atoms. The minimum Gasteiger partial charge on any atom is -0.484 e. The molecular weight excluding hydrogens is 264 g/mol. The Morgan fingerprint density at radius 2 is 1.89 bits per heavy atom. The molecule has 0 bridgehead atoms. The largest absolute Gasteiger partial charge is 0.484 e. The van der Waals surface area contributed by atoms with Crippen molar-refractivity contribution in [2.45, 2.75) is 13.8 Å². The summed E-state index contributed by atoms with van der Waals surface area (Å²) < 4.78 is 5.36. The molecule has 0 aromatic heterocycles. The fourth-order valence-electron chi connectivity index (χ4n) is 1.71. The molecule has 0 radical (unpaired) electrons. The molecule has 1 aromatic rings. The second-order valence-electron chi connectivity index (χ2n) is 4.30. The molecule has 4 nitrogen and oxygen atoms in total. The molecule has 0 unspecified atom stereocenters. The fourth-order valence-corrected chi connectivity index (χ4v) is 1.84. The summed E-state index contributed by atoms with van der Waals surface area (Å²) in [6, 6.07) is 6.96. The molecule has 2 N–H and O–H groups in total. The van der Waals surface area contributed by atoms with Crippen LogP contribution < -0.4 is 15.0 Å². The Hall–Kier alpha value is -1.26. The first-order valence-corrected chi connectivity index (χ1v) is 7.02. The van der Waals surface area contributed by atoms with Crippen molar-refractivity contribution >= 4 is 17.5 Å². The standard InChI is InChI=1S/C14H21ClN2O2/c1-3-17(4-2)10-9-16-14(18)11-19-13-7-5-12(15)6-8-13/h5-8H,3-4,9-11H2,1-2H3,(H,16,18)/p+1. The lowest BCUT2D eigenvalue weighted by molar-refractivity contribution is -0.895. The van der Waals surface area contributed by atoms with Gasteiger partial charge in [-0.3, -0.25) is 4.79 Å². The molecule has 5 heteroatoms. The Balaban J connectivity index is 2.19.